The Morgan fingerprint density at radius 1 is 0.300 bits per heavy atom. The monoisotopic (exact) mass is 1440 g/mol. The Labute approximate surface area is 605 Å². The lowest BCUT2D eigenvalue weighted by atomic mass is 10.0. The third-order valence-corrected chi connectivity index (χ3v) is 17.2. The second kappa shape index (κ2) is 72.3. The number of esters is 4. The number of aliphatic hydroxyl groups excluding tert-OH is 1. The molecule has 0 saturated carbocycles. The van der Waals surface area contributed by atoms with Crippen LogP contribution in [-0.2, 0) is 65.4 Å². The zero-order chi connectivity index (χ0) is 73.2. The highest BCUT2D eigenvalue weighted by Crippen LogP contribution is 2.45. The standard InChI is InChI=1S/C81H134O17P2/c1-5-9-13-17-21-25-29-33-36-37-40-43-46-50-54-58-62-66-79(84)92-72-77(98-81(86)68-64-60-56-52-48-44-39-35-31-27-23-19-15-11-7-3)74-96-100(89,90)94-70-75(82)69-93-99(87,88)95-73-76(97-80(85)67-63-59-55-51-47-41-32-28-24-20-16-12-8-4)71-91-78(83)65-61-57-53-49-45-42-38-34-30-26-22-18-14-10-6-2/h9,11,13,15-16,20-21,23,25,27-28,32-33,35-36,39-40,43,48,50,52,54,60,64,75-77,82H,5-8,10,12,14,17-19,22,24,26,29-31,34,37-38,41-42,44-47,49,51,53,55-59,61-63,65-74H2,1-4H3,(H,87,88)(H,89,90)/b13-9-,15-11-,20-16-,25-21-,27-23-,32-28-,36-33-,39-35-,43-40-,52-48-,54-50-,64-60-. The lowest BCUT2D eigenvalue weighted by molar-refractivity contribution is -0.161. The minimum Gasteiger partial charge on any atom is -0.462 e. The van der Waals surface area contributed by atoms with E-state index < -0.39 is 97.5 Å². The molecule has 0 radical (unpaired) electrons. The summed E-state index contributed by atoms with van der Waals surface area (Å²) >= 11 is 0. The van der Waals surface area contributed by atoms with E-state index in [1.165, 1.54) is 70.6 Å². The van der Waals surface area contributed by atoms with Crippen molar-refractivity contribution in [3.8, 4) is 0 Å². The molecule has 570 valence electrons. The largest absolute Gasteiger partial charge is 0.472 e. The fraction of sp³-hybridized carbons (Fsp3) is 0.654. The average molecular weight is 1440 g/mol. The zero-order valence-electron chi connectivity index (χ0n) is 62.1. The van der Waals surface area contributed by atoms with Crippen LogP contribution in [-0.4, -0.2) is 96.7 Å². The molecule has 0 aromatic heterocycles. The number of carbonyl (C=O) groups is 4. The van der Waals surface area contributed by atoms with E-state index in [-0.39, 0.29) is 25.7 Å². The number of phosphoric acid groups is 2. The number of hydrogen-bond donors (Lipinski definition) is 3. The number of rotatable bonds is 70. The molecule has 0 bridgehead atoms. The molecule has 5 unspecified atom stereocenters. The summed E-state index contributed by atoms with van der Waals surface area (Å²) in [4.78, 5) is 72.8. The lowest BCUT2D eigenvalue weighted by Crippen LogP contribution is -2.30. The summed E-state index contributed by atoms with van der Waals surface area (Å²) in [5, 5.41) is 10.6. The number of aliphatic hydroxyl groups is 1. The fourth-order valence-electron chi connectivity index (χ4n) is 9.60. The zero-order valence-corrected chi connectivity index (χ0v) is 63.9. The molecule has 0 fully saturated rings. The van der Waals surface area contributed by atoms with Gasteiger partial charge in [-0.2, -0.15) is 0 Å². The Balaban J connectivity index is 5.47. The number of phosphoric ester groups is 2. The van der Waals surface area contributed by atoms with Gasteiger partial charge in [0.15, 0.2) is 12.2 Å². The van der Waals surface area contributed by atoms with E-state index in [2.05, 4.69) is 137 Å². The summed E-state index contributed by atoms with van der Waals surface area (Å²) < 4.78 is 68.3. The normalized spacial score (nSPS) is 14.8. The lowest BCUT2D eigenvalue weighted by Gasteiger charge is -2.21. The Morgan fingerprint density at radius 3 is 0.970 bits per heavy atom. The van der Waals surface area contributed by atoms with Gasteiger partial charge in [-0.1, -0.05) is 289 Å². The SMILES string of the molecule is CC/C=C\C/C=C\C/C=C\C/C=C\C/C=C\CCCC(=O)OCC(COP(=O)(O)OCC(O)COP(=O)(O)OCC(COC(=O)CCCCCCCCCCCCCCCCC)OC(=O)CCCCCCC/C=C\C/C=C\CCC)OC(=O)C/C=C\C/C=C\C/C=C\C/C=C\C/C=C\CC. The van der Waals surface area contributed by atoms with Crippen LogP contribution in [0.25, 0.3) is 0 Å². The van der Waals surface area contributed by atoms with E-state index in [0.717, 1.165) is 128 Å². The van der Waals surface area contributed by atoms with Gasteiger partial charge in [-0.3, -0.25) is 37.3 Å². The molecule has 3 N–H and O–H groups in total. The molecule has 0 spiro atoms. The van der Waals surface area contributed by atoms with Crippen molar-refractivity contribution in [2.75, 3.05) is 39.6 Å². The molecule has 5 atom stereocenters. The maximum atomic E-state index is 13.1. The van der Waals surface area contributed by atoms with E-state index in [9.17, 15) is 43.2 Å². The van der Waals surface area contributed by atoms with Crippen molar-refractivity contribution in [2.24, 2.45) is 0 Å². The van der Waals surface area contributed by atoms with Crippen LogP contribution in [0.3, 0.4) is 0 Å². The summed E-state index contributed by atoms with van der Waals surface area (Å²) in [5.74, 6) is -2.41. The van der Waals surface area contributed by atoms with E-state index in [0.29, 0.717) is 32.1 Å². The van der Waals surface area contributed by atoms with Gasteiger partial charge in [0, 0.05) is 19.3 Å². The van der Waals surface area contributed by atoms with Gasteiger partial charge in [0.25, 0.3) is 0 Å². The number of hydrogen-bond acceptors (Lipinski definition) is 15. The van der Waals surface area contributed by atoms with Crippen LogP contribution in [0.2, 0.25) is 0 Å². The Morgan fingerprint density at radius 2 is 0.590 bits per heavy atom. The van der Waals surface area contributed by atoms with E-state index >= 15 is 0 Å². The maximum absolute atomic E-state index is 13.1. The van der Waals surface area contributed by atoms with Gasteiger partial charge in [0.05, 0.1) is 32.8 Å². The molecule has 100 heavy (non-hydrogen) atoms. The van der Waals surface area contributed by atoms with Gasteiger partial charge >= 0.3 is 39.5 Å². The highest BCUT2D eigenvalue weighted by Gasteiger charge is 2.30. The second-order valence-electron chi connectivity index (χ2n) is 24.8. The second-order valence-corrected chi connectivity index (χ2v) is 27.8. The van der Waals surface area contributed by atoms with Crippen LogP contribution < -0.4 is 0 Å². The predicted molar refractivity (Wildman–Crippen MR) is 408 cm³/mol. The molecule has 0 aliphatic carbocycles. The van der Waals surface area contributed by atoms with Gasteiger partial charge in [-0.15, -0.1) is 0 Å². The number of allylic oxidation sites excluding steroid dienone is 23. The summed E-state index contributed by atoms with van der Waals surface area (Å²) in [6.45, 7) is 4.38. The van der Waals surface area contributed by atoms with Crippen LogP contribution >= 0.6 is 15.6 Å². The first-order valence-corrected chi connectivity index (χ1v) is 41.1. The van der Waals surface area contributed by atoms with Gasteiger partial charge in [-0.05, 0) is 116 Å². The highest BCUT2D eigenvalue weighted by atomic mass is 31.2. The molecule has 0 rings (SSSR count). The molecule has 0 saturated heterocycles. The molecule has 17 nitrogen and oxygen atoms in total. The summed E-state index contributed by atoms with van der Waals surface area (Å²) in [6, 6.07) is 0. The molecule has 0 aromatic rings. The highest BCUT2D eigenvalue weighted by molar-refractivity contribution is 7.47. The van der Waals surface area contributed by atoms with Crippen molar-refractivity contribution in [3.05, 3.63) is 146 Å². The molecule has 0 heterocycles. The first kappa shape index (κ1) is 94.9. The topological polar surface area (TPSA) is 237 Å². The van der Waals surface area contributed by atoms with Crippen molar-refractivity contribution >= 4 is 39.5 Å². The number of carbonyl (C=O) groups excluding carboxylic acids is 4. The van der Waals surface area contributed by atoms with Crippen molar-refractivity contribution in [2.45, 2.75) is 303 Å². The predicted octanol–water partition coefficient (Wildman–Crippen LogP) is 21.9. The minimum absolute atomic E-state index is 0.0590. The van der Waals surface area contributed by atoms with Crippen molar-refractivity contribution in [1.29, 1.82) is 0 Å². The molecular formula is C81H134O17P2. The smallest absolute Gasteiger partial charge is 0.462 e. The minimum atomic E-state index is -5.02. The number of ether oxygens (including phenoxy) is 4. The molecule has 0 aliphatic rings. The summed E-state index contributed by atoms with van der Waals surface area (Å²) in [6.07, 6.45) is 81.7. The number of unbranched alkanes of at least 4 members (excludes halogenated alkanes) is 21. The van der Waals surface area contributed by atoms with Crippen LogP contribution in [0, 0.1) is 0 Å². The fourth-order valence-corrected chi connectivity index (χ4v) is 11.2. The molecule has 0 aromatic carbocycles. The van der Waals surface area contributed by atoms with E-state index in [1.54, 1.807) is 12.2 Å². The van der Waals surface area contributed by atoms with Gasteiger partial charge in [-0.25, -0.2) is 9.13 Å². The van der Waals surface area contributed by atoms with Crippen molar-refractivity contribution in [3.63, 3.8) is 0 Å². The van der Waals surface area contributed by atoms with Crippen LogP contribution in [0.4, 0.5) is 0 Å². The van der Waals surface area contributed by atoms with Gasteiger partial charge < -0.3 is 33.8 Å². The van der Waals surface area contributed by atoms with Crippen LogP contribution in [0.1, 0.15) is 285 Å². The third kappa shape index (κ3) is 71.3. The molecule has 0 amide bonds. The Kier molecular flexibility index (Phi) is 68.6. The molecule has 0 aliphatic heterocycles. The molecular weight excluding hydrogens is 1310 g/mol. The van der Waals surface area contributed by atoms with Crippen molar-refractivity contribution in [1.82, 2.24) is 0 Å². The third-order valence-electron chi connectivity index (χ3n) is 15.3. The molecule has 19 heteroatoms. The van der Waals surface area contributed by atoms with E-state index in [4.69, 9.17) is 37.0 Å². The van der Waals surface area contributed by atoms with Gasteiger partial charge in [0.2, 0.25) is 0 Å². The maximum Gasteiger partial charge on any atom is 0.472 e. The Hall–Kier alpha value is -5.06. The quantitative estimate of drug-likeness (QED) is 0.0169. The Bertz CT molecular complexity index is 2470. The van der Waals surface area contributed by atoms with Crippen LogP contribution in [0.5, 0.6) is 0 Å². The summed E-state index contributed by atoms with van der Waals surface area (Å²) in [5.41, 5.74) is 0. The summed E-state index contributed by atoms with van der Waals surface area (Å²) in [7, 11) is -10.0. The van der Waals surface area contributed by atoms with Gasteiger partial charge in [0.1, 0.15) is 19.3 Å². The first-order chi connectivity index (χ1) is 48.7. The van der Waals surface area contributed by atoms with Crippen LogP contribution in [0.15, 0.2) is 146 Å². The first-order valence-electron chi connectivity index (χ1n) is 38.1. The van der Waals surface area contributed by atoms with Crippen molar-refractivity contribution < 1.29 is 80.2 Å². The average Bonchev–Trinajstić information content (AvgIpc) is 1.06. The van der Waals surface area contributed by atoms with E-state index in [1.807, 2.05) is 24.3 Å².